The second-order valence-electron chi connectivity index (χ2n) is 12.9. The Morgan fingerprint density at radius 3 is 2.65 bits per heavy atom. The van der Waals surface area contributed by atoms with E-state index in [-0.39, 0.29) is 16.7 Å². The van der Waals surface area contributed by atoms with Gasteiger partial charge in [0, 0.05) is 41.1 Å². The van der Waals surface area contributed by atoms with Crippen LogP contribution in [0.5, 0.6) is 0 Å². The first-order valence-electron chi connectivity index (χ1n) is 14.6. The summed E-state index contributed by atoms with van der Waals surface area (Å²) >= 11 is 6.59. The number of halogens is 1. The molecule has 2 fully saturated rings. The lowest BCUT2D eigenvalue weighted by atomic mass is 9.46. The normalized spacial score (nSPS) is 41.7. The van der Waals surface area contributed by atoms with Gasteiger partial charge in [-0.15, -0.1) is 0 Å². The highest BCUT2D eigenvalue weighted by Gasteiger charge is 2.73. The van der Waals surface area contributed by atoms with Gasteiger partial charge in [-0.2, -0.15) is 0 Å². The average Bonchev–Trinajstić information content (AvgIpc) is 3.58. The molecule has 3 heterocycles. The highest BCUT2D eigenvalue weighted by atomic mass is 35.5. The highest BCUT2D eigenvalue weighted by Crippen LogP contribution is 2.63. The summed E-state index contributed by atoms with van der Waals surface area (Å²) < 4.78 is 7.33. The van der Waals surface area contributed by atoms with E-state index < -0.39 is 64.8 Å². The second-order valence-corrected chi connectivity index (χ2v) is 13.3. The van der Waals surface area contributed by atoms with Crippen LogP contribution in [0.15, 0.2) is 70.4 Å². The molecule has 1 aromatic rings. The number of fused-ring (bicyclic) bond motifs is 4. The van der Waals surface area contributed by atoms with Gasteiger partial charge in [-0.3, -0.25) is 10.1 Å². The molecule has 0 amide bonds. The second kappa shape index (κ2) is 10.2. The van der Waals surface area contributed by atoms with Crippen molar-refractivity contribution in [3.63, 3.8) is 0 Å². The molecule has 1 aromatic heterocycles. The lowest BCUT2D eigenvalue weighted by Crippen LogP contribution is -2.70. The van der Waals surface area contributed by atoms with Crippen molar-refractivity contribution < 1.29 is 34.5 Å². The molecule has 1 saturated carbocycles. The van der Waals surface area contributed by atoms with E-state index in [2.05, 4.69) is 22.0 Å². The number of ether oxygens (including phenoxy) is 1. The van der Waals surface area contributed by atoms with E-state index in [9.17, 15) is 24.9 Å². The quantitative estimate of drug-likeness (QED) is 0.372. The van der Waals surface area contributed by atoms with Crippen LogP contribution in [-0.2, 0) is 14.4 Å². The SMILES string of the molecule is C=C(C)C1(C)CCC[C@@H]2C=C(C)C(OC(=O)n3ccnc3)C([C@H]3[C@@H](C(=O)O)N[C@@H]4ON=C5C(Cl)=C[C@H](C)C=C5[C@@]43O)[C@]21O. The number of nitrogens with one attached hydrogen (secondary N) is 1. The molecule has 1 saturated heterocycles. The molecule has 2 aliphatic heterocycles. The standard InChI is InChI=1S/C31H37ClN4O7/c1-15(2)29(5)8-6-7-18-13-17(4)25(42-28(39)36-10-9-33-14-36)22(31(18,29)41)21-24(26(37)38)34-27-30(21,40)19-11-16(3)12-20(32)23(19)35-43-27/h9-14,16,18,21-22,24-25,27,34,40-41H,1,6-8H2,2-5H3,(H,37,38)/t16-,18-,21+,22?,24+,25?,27-,29?,30+,31-/m1/s1. The number of carboxylic acids is 1. The molecule has 6 rings (SSSR count). The van der Waals surface area contributed by atoms with E-state index in [1.165, 1.54) is 23.3 Å². The molecule has 0 spiro atoms. The number of aliphatic carboxylic acids is 1. The lowest BCUT2D eigenvalue weighted by molar-refractivity contribution is -0.219. The smallest absolute Gasteiger partial charge is 0.419 e. The van der Waals surface area contributed by atoms with Crippen LogP contribution in [0.25, 0.3) is 0 Å². The van der Waals surface area contributed by atoms with Crippen LogP contribution >= 0.6 is 11.6 Å². The Kier molecular flexibility index (Phi) is 7.04. The molecule has 4 N–H and O–H groups in total. The number of hydrogen-bond acceptors (Lipinski definition) is 9. The molecular formula is C31H37ClN4O7. The van der Waals surface area contributed by atoms with Gasteiger partial charge in [0.25, 0.3) is 0 Å². The number of imidazole rings is 1. The first-order chi connectivity index (χ1) is 20.2. The third-order valence-corrected chi connectivity index (χ3v) is 10.8. The van der Waals surface area contributed by atoms with Gasteiger partial charge < -0.3 is 24.9 Å². The maximum Gasteiger partial charge on any atom is 0.419 e. The fraction of sp³-hybridized carbons (Fsp3) is 0.548. The number of carbonyl (C=O) groups is 2. The van der Waals surface area contributed by atoms with Gasteiger partial charge in [0.1, 0.15) is 29.8 Å². The summed E-state index contributed by atoms with van der Waals surface area (Å²) in [5.74, 6) is -4.31. The number of carbonyl (C=O) groups excluding carboxylic acids is 1. The molecule has 11 nitrogen and oxygen atoms in total. The Bertz CT molecular complexity index is 1500. The number of rotatable bonds is 4. The Morgan fingerprint density at radius 2 is 2.00 bits per heavy atom. The summed E-state index contributed by atoms with van der Waals surface area (Å²) in [4.78, 5) is 36.1. The van der Waals surface area contributed by atoms with E-state index in [0.717, 1.165) is 6.42 Å². The van der Waals surface area contributed by atoms with Crippen molar-refractivity contribution in [2.75, 3.05) is 0 Å². The van der Waals surface area contributed by atoms with E-state index in [1.807, 2.05) is 26.8 Å². The summed E-state index contributed by atoms with van der Waals surface area (Å²) in [5.41, 5.74) is -2.78. The molecule has 3 aliphatic carbocycles. The van der Waals surface area contributed by atoms with E-state index >= 15 is 0 Å². The minimum atomic E-state index is -2.03. The summed E-state index contributed by atoms with van der Waals surface area (Å²) in [6.45, 7) is 11.7. The van der Waals surface area contributed by atoms with Crippen molar-refractivity contribution in [2.24, 2.45) is 34.2 Å². The third kappa shape index (κ3) is 4.12. The fourth-order valence-corrected chi connectivity index (χ4v) is 8.62. The van der Waals surface area contributed by atoms with Crippen molar-refractivity contribution in [3.05, 3.63) is 65.3 Å². The molecule has 0 aromatic carbocycles. The third-order valence-electron chi connectivity index (χ3n) is 10.5. The van der Waals surface area contributed by atoms with Gasteiger partial charge in [0.15, 0.2) is 0 Å². The number of nitrogens with zero attached hydrogens (tertiary/aromatic N) is 3. The number of aromatic nitrogens is 2. The highest BCUT2D eigenvalue weighted by molar-refractivity contribution is 6.47. The maximum atomic E-state index is 13.4. The topological polar surface area (TPSA) is 156 Å². The van der Waals surface area contributed by atoms with Gasteiger partial charge in [-0.1, -0.05) is 67.4 Å². The van der Waals surface area contributed by atoms with Crippen molar-refractivity contribution in [1.29, 1.82) is 0 Å². The summed E-state index contributed by atoms with van der Waals surface area (Å²) in [5, 5.41) is 44.1. The zero-order chi connectivity index (χ0) is 31.1. The van der Waals surface area contributed by atoms with Crippen molar-refractivity contribution in [3.8, 4) is 0 Å². The molecule has 5 aliphatic rings. The molecule has 10 atom stereocenters. The first-order valence-corrected chi connectivity index (χ1v) is 14.9. The number of carboxylic acid groups (broad SMARTS) is 1. The van der Waals surface area contributed by atoms with Gasteiger partial charge in [0.05, 0.1) is 10.6 Å². The van der Waals surface area contributed by atoms with Crippen LogP contribution in [0.1, 0.15) is 47.0 Å². The average molecular weight is 613 g/mol. The molecule has 12 heteroatoms. The van der Waals surface area contributed by atoms with Gasteiger partial charge in [0.2, 0.25) is 6.23 Å². The molecule has 230 valence electrons. The molecule has 0 bridgehead atoms. The Hall–Kier alpha value is -3.25. The Morgan fingerprint density at radius 1 is 1.26 bits per heavy atom. The first kappa shape index (κ1) is 29.8. The predicted octanol–water partition coefficient (Wildman–Crippen LogP) is 3.74. The zero-order valence-electron chi connectivity index (χ0n) is 24.5. The van der Waals surface area contributed by atoms with Crippen molar-refractivity contribution in [1.82, 2.24) is 14.9 Å². The van der Waals surface area contributed by atoms with Gasteiger partial charge >= 0.3 is 12.1 Å². The van der Waals surface area contributed by atoms with Crippen molar-refractivity contribution >= 4 is 29.4 Å². The monoisotopic (exact) mass is 612 g/mol. The van der Waals surface area contributed by atoms with Gasteiger partial charge in [-0.05, 0) is 38.2 Å². The van der Waals surface area contributed by atoms with E-state index in [4.69, 9.17) is 21.2 Å². The van der Waals surface area contributed by atoms with Gasteiger partial charge in [-0.25, -0.2) is 14.3 Å². The van der Waals surface area contributed by atoms with Crippen LogP contribution in [0.2, 0.25) is 0 Å². The molecule has 0 radical (unpaired) electrons. The van der Waals surface area contributed by atoms with E-state index in [1.54, 1.807) is 19.1 Å². The van der Waals surface area contributed by atoms with E-state index in [0.29, 0.717) is 29.6 Å². The largest absolute Gasteiger partial charge is 0.480 e. The lowest BCUT2D eigenvalue weighted by Gasteiger charge is -2.62. The predicted molar refractivity (Wildman–Crippen MR) is 157 cm³/mol. The Balaban J connectivity index is 1.61. The maximum absolute atomic E-state index is 13.4. The van der Waals surface area contributed by atoms with Crippen LogP contribution in [0.3, 0.4) is 0 Å². The number of hydrogen-bond donors (Lipinski definition) is 4. The Labute approximate surface area is 254 Å². The van der Waals surface area contributed by atoms with Crippen LogP contribution in [0.4, 0.5) is 4.79 Å². The molecule has 3 unspecified atom stereocenters. The summed E-state index contributed by atoms with van der Waals surface area (Å²) in [6, 6.07) is -1.42. The number of aliphatic hydroxyl groups is 2. The van der Waals surface area contributed by atoms with Crippen LogP contribution < -0.4 is 5.32 Å². The zero-order valence-corrected chi connectivity index (χ0v) is 25.3. The minimum absolute atomic E-state index is 0.196. The molecular weight excluding hydrogens is 576 g/mol. The fourth-order valence-electron chi connectivity index (χ4n) is 8.29. The van der Waals surface area contributed by atoms with Crippen LogP contribution in [0, 0.1) is 29.1 Å². The summed E-state index contributed by atoms with van der Waals surface area (Å²) in [6.07, 6.45) is 8.48. The number of oxime groups is 1. The minimum Gasteiger partial charge on any atom is -0.480 e. The number of allylic oxidation sites excluding steroid dienone is 3. The molecule has 43 heavy (non-hydrogen) atoms. The van der Waals surface area contributed by atoms with Crippen molar-refractivity contribution in [2.45, 2.75) is 76.5 Å². The van der Waals surface area contributed by atoms with Crippen LogP contribution in [-0.4, -0.2) is 72.2 Å². The summed E-state index contributed by atoms with van der Waals surface area (Å²) in [7, 11) is 0.